The third kappa shape index (κ3) is 9.69. The number of hydrogen-bond donors (Lipinski definition) is 2. The van der Waals surface area contributed by atoms with Crippen molar-refractivity contribution in [2.24, 2.45) is 4.99 Å². The molecule has 0 spiro atoms. The fourth-order valence-electron chi connectivity index (χ4n) is 2.68. The molecule has 2 N–H and O–H groups in total. The Morgan fingerprint density at radius 3 is 1.75 bits per heavy atom. The molecule has 24 heavy (non-hydrogen) atoms. The van der Waals surface area contributed by atoms with Crippen LogP contribution in [0.3, 0.4) is 0 Å². The van der Waals surface area contributed by atoms with Crippen molar-refractivity contribution in [3.63, 3.8) is 0 Å². The molecule has 0 aromatic carbocycles. The molecule has 9 heteroatoms. The van der Waals surface area contributed by atoms with Gasteiger partial charge >= 0.3 is 11.9 Å². The minimum Gasteiger partial charge on any atom is -0.480 e. The van der Waals surface area contributed by atoms with Crippen molar-refractivity contribution in [1.29, 1.82) is 0 Å². The number of carbonyl (C=O) groups is 2. The number of hydrogen-bond acceptors (Lipinski definition) is 7. The monoisotopic (exact) mass is 358 g/mol. The minimum absolute atomic E-state index is 0.0157. The van der Waals surface area contributed by atoms with E-state index >= 15 is 0 Å². The molecule has 136 valence electrons. The number of thiocarbonyl (C=S) groups is 1. The second kappa shape index (κ2) is 12.0. The Balaban J connectivity index is 2.56. The van der Waals surface area contributed by atoms with Crippen molar-refractivity contribution in [3.8, 4) is 0 Å². The first-order valence-corrected chi connectivity index (χ1v) is 8.56. The van der Waals surface area contributed by atoms with Gasteiger partial charge in [-0.15, -0.1) is 0 Å². The second-order valence-corrected chi connectivity index (χ2v) is 6.04. The summed E-state index contributed by atoms with van der Waals surface area (Å²) in [4.78, 5) is 31.8. The Labute approximate surface area is 147 Å². The molecule has 0 unspecified atom stereocenters. The van der Waals surface area contributed by atoms with Crippen LogP contribution in [0.4, 0.5) is 0 Å². The van der Waals surface area contributed by atoms with E-state index in [9.17, 15) is 9.59 Å². The van der Waals surface area contributed by atoms with Crippen LogP contribution in [-0.2, 0) is 9.59 Å². The van der Waals surface area contributed by atoms with Crippen LogP contribution in [0.25, 0.3) is 0 Å². The van der Waals surface area contributed by atoms with E-state index < -0.39 is 11.9 Å². The standard InChI is InChI=1S/C15H26N4O4S/c20-14(21)11-18-7-5-17(4-2-1-3-16-13-24)6-8-19(10-9-18)12-15(22)23/h1-12H2,(H,20,21)(H,22,23). The van der Waals surface area contributed by atoms with E-state index in [0.29, 0.717) is 32.7 Å². The summed E-state index contributed by atoms with van der Waals surface area (Å²) in [6, 6.07) is 0. The molecule has 1 aliphatic rings. The van der Waals surface area contributed by atoms with E-state index in [-0.39, 0.29) is 13.1 Å². The van der Waals surface area contributed by atoms with Crippen molar-refractivity contribution in [3.05, 3.63) is 0 Å². The van der Waals surface area contributed by atoms with Crippen LogP contribution in [0.5, 0.6) is 0 Å². The average Bonchev–Trinajstić information content (AvgIpc) is 2.59. The normalized spacial score (nSPS) is 18.2. The number of carboxylic acids is 2. The van der Waals surface area contributed by atoms with Crippen LogP contribution in [-0.4, -0.2) is 107 Å². The van der Waals surface area contributed by atoms with Crippen molar-refractivity contribution in [2.75, 3.05) is 65.4 Å². The summed E-state index contributed by atoms with van der Waals surface area (Å²) in [6.45, 7) is 5.57. The Morgan fingerprint density at radius 2 is 1.33 bits per heavy atom. The molecule has 1 rings (SSSR count). The first-order valence-electron chi connectivity index (χ1n) is 8.15. The number of isothiocyanates is 1. The summed E-state index contributed by atoms with van der Waals surface area (Å²) in [5, 5.41) is 20.4. The first kappa shape index (κ1) is 20.7. The molecule has 0 saturated carbocycles. The summed E-state index contributed by atoms with van der Waals surface area (Å²) in [7, 11) is 0. The molecule has 1 heterocycles. The lowest BCUT2D eigenvalue weighted by molar-refractivity contribution is -0.140. The van der Waals surface area contributed by atoms with E-state index in [0.717, 1.165) is 32.5 Å². The highest BCUT2D eigenvalue weighted by molar-refractivity contribution is 7.78. The van der Waals surface area contributed by atoms with Gasteiger partial charge in [0.05, 0.1) is 18.3 Å². The van der Waals surface area contributed by atoms with Gasteiger partial charge in [-0.05, 0) is 31.6 Å². The van der Waals surface area contributed by atoms with E-state index in [2.05, 4.69) is 27.3 Å². The van der Waals surface area contributed by atoms with Gasteiger partial charge in [-0.2, -0.15) is 0 Å². The lowest BCUT2D eigenvalue weighted by Gasteiger charge is -2.24. The highest BCUT2D eigenvalue weighted by atomic mass is 32.1. The van der Waals surface area contributed by atoms with Crippen LogP contribution in [0.1, 0.15) is 12.8 Å². The number of carboxylic acid groups (broad SMARTS) is 2. The molecule has 0 atom stereocenters. The third-order valence-electron chi connectivity index (χ3n) is 3.97. The van der Waals surface area contributed by atoms with Gasteiger partial charge in [0.2, 0.25) is 0 Å². The van der Waals surface area contributed by atoms with E-state index in [4.69, 9.17) is 10.2 Å². The summed E-state index contributed by atoms with van der Waals surface area (Å²) in [5.74, 6) is -1.72. The minimum atomic E-state index is -0.858. The molecule has 0 aromatic heterocycles. The molecule has 0 radical (unpaired) electrons. The lowest BCUT2D eigenvalue weighted by atomic mass is 10.3. The van der Waals surface area contributed by atoms with E-state index in [1.807, 2.05) is 9.80 Å². The molecular formula is C15H26N4O4S. The van der Waals surface area contributed by atoms with Gasteiger partial charge in [-0.1, -0.05) is 0 Å². The maximum atomic E-state index is 11.0. The van der Waals surface area contributed by atoms with Gasteiger partial charge in [0, 0.05) is 45.8 Å². The molecule has 1 saturated heterocycles. The molecule has 1 aliphatic heterocycles. The highest BCUT2D eigenvalue weighted by Gasteiger charge is 2.18. The van der Waals surface area contributed by atoms with Crippen LogP contribution >= 0.6 is 12.2 Å². The number of aliphatic imine (C=N–C) groups is 1. The first-order chi connectivity index (χ1) is 11.5. The zero-order chi connectivity index (χ0) is 17.8. The number of unbranched alkanes of at least 4 members (excludes halogenated alkanes) is 1. The van der Waals surface area contributed by atoms with Crippen molar-refractivity contribution < 1.29 is 19.8 Å². The molecule has 1 fully saturated rings. The van der Waals surface area contributed by atoms with Crippen molar-refractivity contribution in [2.45, 2.75) is 12.8 Å². The van der Waals surface area contributed by atoms with Crippen LogP contribution < -0.4 is 0 Å². The molecule has 0 bridgehead atoms. The van der Waals surface area contributed by atoms with Crippen LogP contribution in [0, 0.1) is 0 Å². The third-order valence-corrected chi connectivity index (χ3v) is 4.10. The summed E-state index contributed by atoms with van der Waals surface area (Å²) in [6.07, 6.45) is 1.90. The van der Waals surface area contributed by atoms with Crippen molar-refractivity contribution >= 4 is 29.3 Å². The van der Waals surface area contributed by atoms with Gasteiger partial charge in [0.25, 0.3) is 0 Å². The predicted molar refractivity (Wildman–Crippen MR) is 93.7 cm³/mol. The second-order valence-electron chi connectivity index (χ2n) is 5.86. The number of rotatable bonds is 9. The maximum absolute atomic E-state index is 11.0. The van der Waals surface area contributed by atoms with Crippen molar-refractivity contribution in [1.82, 2.24) is 14.7 Å². The molecule has 0 aromatic rings. The lowest BCUT2D eigenvalue weighted by Crippen LogP contribution is -2.40. The Morgan fingerprint density at radius 1 is 0.875 bits per heavy atom. The van der Waals surface area contributed by atoms with Gasteiger partial charge in [0.15, 0.2) is 0 Å². The maximum Gasteiger partial charge on any atom is 0.317 e. The fraction of sp³-hybridized carbons (Fsp3) is 0.800. The zero-order valence-corrected chi connectivity index (χ0v) is 14.7. The summed E-state index contributed by atoms with van der Waals surface area (Å²) >= 11 is 4.54. The Hall–Kier alpha value is -1.38. The fourth-order valence-corrected chi connectivity index (χ4v) is 2.77. The molecular weight excluding hydrogens is 332 g/mol. The Bertz CT molecular complexity index is 429. The SMILES string of the molecule is O=C(O)CN1CCN(CCCCN=C=S)CCN(CC(=O)O)CC1. The topological polar surface area (TPSA) is 96.7 Å². The predicted octanol–water partition coefficient (Wildman–Crippen LogP) is -0.0418. The smallest absolute Gasteiger partial charge is 0.317 e. The molecule has 8 nitrogen and oxygen atoms in total. The zero-order valence-electron chi connectivity index (χ0n) is 13.9. The number of aliphatic carboxylic acids is 2. The molecule has 0 aliphatic carbocycles. The highest BCUT2D eigenvalue weighted by Crippen LogP contribution is 2.03. The largest absolute Gasteiger partial charge is 0.480 e. The van der Waals surface area contributed by atoms with Gasteiger partial charge in [0.1, 0.15) is 0 Å². The van der Waals surface area contributed by atoms with Gasteiger partial charge in [-0.25, -0.2) is 4.99 Å². The van der Waals surface area contributed by atoms with Gasteiger partial charge in [-0.3, -0.25) is 19.4 Å². The van der Waals surface area contributed by atoms with E-state index in [1.165, 1.54) is 0 Å². The number of nitrogens with zero attached hydrogens (tertiary/aromatic N) is 4. The summed E-state index contributed by atoms with van der Waals surface area (Å²) < 4.78 is 0. The van der Waals surface area contributed by atoms with Crippen LogP contribution in [0.15, 0.2) is 4.99 Å². The van der Waals surface area contributed by atoms with Crippen LogP contribution in [0.2, 0.25) is 0 Å². The Kier molecular flexibility index (Phi) is 10.4. The average molecular weight is 358 g/mol. The molecule has 0 amide bonds. The van der Waals surface area contributed by atoms with E-state index in [1.54, 1.807) is 0 Å². The van der Waals surface area contributed by atoms with Gasteiger partial charge < -0.3 is 15.1 Å². The quantitative estimate of drug-likeness (QED) is 0.337. The summed E-state index contributed by atoms with van der Waals surface area (Å²) in [5.41, 5.74) is 0.